The van der Waals surface area contributed by atoms with Gasteiger partial charge in [-0.2, -0.15) is 0 Å². The minimum Gasteiger partial charge on any atom is -0.339 e. The van der Waals surface area contributed by atoms with Gasteiger partial charge in [-0.05, 0) is 12.1 Å². The van der Waals surface area contributed by atoms with Crippen LogP contribution in [-0.2, 0) is 11.3 Å². The van der Waals surface area contributed by atoms with Gasteiger partial charge in [0.2, 0.25) is 5.91 Å². The van der Waals surface area contributed by atoms with Gasteiger partial charge in [0.15, 0.2) is 0 Å². The molecule has 0 aliphatic heterocycles. The molecule has 0 N–H and O–H groups in total. The Morgan fingerprint density at radius 3 is 2.53 bits per heavy atom. The van der Waals surface area contributed by atoms with Gasteiger partial charge in [-0.15, -0.1) is 0 Å². The summed E-state index contributed by atoms with van der Waals surface area (Å²) >= 11 is 0. The topological polar surface area (TPSA) is 33.2 Å². The molecule has 0 spiro atoms. The van der Waals surface area contributed by atoms with Crippen molar-refractivity contribution in [2.45, 2.75) is 27.3 Å². The molecule has 0 aromatic carbocycles. The van der Waals surface area contributed by atoms with Gasteiger partial charge in [0.05, 0.1) is 12.2 Å². The average molecular weight is 206 g/mol. The maximum Gasteiger partial charge on any atom is 0.228 e. The highest BCUT2D eigenvalue weighted by Crippen LogP contribution is 2.17. The van der Waals surface area contributed by atoms with Crippen LogP contribution < -0.4 is 0 Å². The van der Waals surface area contributed by atoms with Gasteiger partial charge in [-0.3, -0.25) is 9.78 Å². The maximum atomic E-state index is 11.9. The molecule has 1 aromatic heterocycles. The number of hydrogen-bond donors (Lipinski definition) is 0. The molecule has 1 rings (SSSR count). The summed E-state index contributed by atoms with van der Waals surface area (Å²) in [5.74, 6) is 0.133. The zero-order valence-corrected chi connectivity index (χ0v) is 9.82. The summed E-state index contributed by atoms with van der Waals surface area (Å²) in [6.07, 6.45) is 1.74. The molecule has 3 heteroatoms. The first kappa shape index (κ1) is 11.7. The van der Waals surface area contributed by atoms with E-state index in [1.165, 1.54) is 0 Å². The Labute approximate surface area is 91.1 Å². The fraction of sp³-hybridized carbons (Fsp3) is 0.500. The lowest BCUT2D eigenvalue weighted by Crippen LogP contribution is -2.36. The standard InChI is InChI=1S/C12H18N2O/c1-12(2,3)11(15)14(4)9-10-7-5-6-8-13-10/h5-8H,9H2,1-4H3. The first-order chi connectivity index (χ1) is 6.91. The quantitative estimate of drug-likeness (QED) is 0.742. The van der Waals surface area contributed by atoms with E-state index in [2.05, 4.69) is 4.98 Å². The van der Waals surface area contributed by atoms with E-state index in [1.807, 2.05) is 46.0 Å². The molecule has 0 saturated heterocycles. The molecule has 0 saturated carbocycles. The molecule has 0 aliphatic carbocycles. The molecule has 0 bridgehead atoms. The van der Waals surface area contributed by atoms with Gasteiger partial charge in [0.25, 0.3) is 0 Å². The Bertz CT molecular complexity index is 327. The number of carbonyl (C=O) groups is 1. The third-order valence-electron chi connectivity index (χ3n) is 2.11. The molecule has 1 amide bonds. The highest BCUT2D eigenvalue weighted by Gasteiger charge is 2.24. The van der Waals surface area contributed by atoms with Gasteiger partial charge >= 0.3 is 0 Å². The van der Waals surface area contributed by atoms with Crippen LogP contribution in [0.4, 0.5) is 0 Å². The summed E-state index contributed by atoms with van der Waals surface area (Å²) in [6.45, 7) is 6.33. The number of amides is 1. The summed E-state index contributed by atoms with van der Waals surface area (Å²) in [5, 5.41) is 0. The van der Waals surface area contributed by atoms with E-state index in [1.54, 1.807) is 11.1 Å². The first-order valence-corrected chi connectivity index (χ1v) is 5.07. The fourth-order valence-corrected chi connectivity index (χ4v) is 1.38. The number of carbonyl (C=O) groups excluding carboxylic acids is 1. The average Bonchev–Trinajstić information content (AvgIpc) is 2.16. The van der Waals surface area contributed by atoms with Crippen LogP contribution in [0.15, 0.2) is 24.4 Å². The molecule has 0 unspecified atom stereocenters. The number of pyridine rings is 1. The molecule has 1 heterocycles. The largest absolute Gasteiger partial charge is 0.339 e. The van der Waals surface area contributed by atoms with Crippen molar-refractivity contribution in [1.82, 2.24) is 9.88 Å². The Morgan fingerprint density at radius 2 is 2.07 bits per heavy atom. The molecule has 0 atom stereocenters. The third-order valence-corrected chi connectivity index (χ3v) is 2.11. The Kier molecular flexibility index (Phi) is 3.45. The van der Waals surface area contributed by atoms with Crippen molar-refractivity contribution >= 4 is 5.91 Å². The second kappa shape index (κ2) is 4.43. The van der Waals surface area contributed by atoms with E-state index in [-0.39, 0.29) is 11.3 Å². The van der Waals surface area contributed by atoms with Crippen LogP contribution in [0, 0.1) is 5.41 Å². The van der Waals surface area contributed by atoms with E-state index in [4.69, 9.17) is 0 Å². The van der Waals surface area contributed by atoms with E-state index in [0.717, 1.165) is 5.69 Å². The number of rotatable bonds is 2. The lowest BCUT2D eigenvalue weighted by molar-refractivity contribution is -0.138. The van der Waals surface area contributed by atoms with Crippen LogP contribution >= 0.6 is 0 Å². The van der Waals surface area contributed by atoms with E-state index >= 15 is 0 Å². The zero-order valence-electron chi connectivity index (χ0n) is 9.82. The fourth-order valence-electron chi connectivity index (χ4n) is 1.38. The highest BCUT2D eigenvalue weighted by molar-refractivity contribution is 5.81. The second-order valence-electron chi connectivity index (χ2n) is 4.73. The molecule has 0 radical (unpaired) electrons. The highest BCUT2D eigenvalue weighted by atomic mass is 16.2. The van der Waals surface area contributed by atoms with Gasteiger partial charge in [-0.1, -0.05) is 26.8 Å². The predicted octanol–water partition coefficient (Wildman–Crippen LogP) is 2.09. The lowest BCUT2D eigenvalue weighted by atomic mass is 9.95. The summed E-state index contributed by atoms with van der Waals surface area (Å²) in [5.41, 5.74) is 0.585. The summed E-state index contributed by atoms with van der Waals surface area (Å²) in [7, 11) is 1.81. The maximum absolute atomic E-state index is 11.9. The van der Waals surface area contributed by atoms with Crippen LogP contribution in [0.25, 0.3) is 0 Å². The van der Waals surface area contributed by atoms with Gasteiger partial charge in [0, 0.05) is 18.7 Å². The molecular formula is C12H18N2O. The Balaban J connectivity index is 2.65. The van der Waals surface area contributed by atoms with E-state index in [9.17, 15) is 4.79 Å². The van der Waals surface area contributed by atoms with Crippen molar-refractivity contribution in [1.29, 1.82) is 0 Å². The third kappa shape index (κ3) is 3.35. The smallest absolute Gasteiger partial charge is 0.228 e. The Morgan fingerprint density at radius 1 is 1.40 bits per heavy atom. The molecule has 1 aromatic rings. The van der Waals surface area contributed by atoms with Crippen molar-refractivity contribution in [3.8, 4) is 0 Å². The number of hydrogen-bond acceptors (Lipinski definition) is 2. The monoisotopic (exact) mass is 206 g/mol. The van der Waals surface area contributed by atoms with Crippen molar-refractivity contribution < 1.29 is 4.79 Å². The van der Waals surface area contributed by atoms with Gasteiger partial charge < -0.3 is 4.90 Å². The SMILES string of the molecule is CN(Cc1ccccn1)C(=O)C(C)(C)C. The molecule has 15 heavy (non-hydrogen) atoms. The molecular weight excluding hydrogens is 188 g/mol. The van der Waals surface area contributed by atoms with Crippen LogP contribution in [0.3, 0.4) is 0 Å². The van der Waals surface area contributed by atoms with Gasteiger partial charge in [-0.25, -0.2) is 0 Å². The summed E-state index contributed by atoms with van der Waals surface area (Å²) < 4.78 is 0. The van der Waals surface area contributed by atoms with E-state index in [0.29, 0.717) is 6.54 Å². The van der Waals surface area contributed by atoms with Crippen LogP contribution in [0.1, 0.15) is 26.5 Å². The minimum absolute atomic E-state index is 0.133. The molecule has 0 fully saturated rings. The second-order valence-corrected chi connectivity index (χ2v) is 4.73. The lowest BCUT2D eigenvalue weighted by Gasteiger charge is -2.25. The van der Waals surface area contributed by atoms with Crippen molar-refractivity contribution in [3.05, 3.63) is 30.1 Å². The first-order valence-electron chi connectivity index (χ1n) is 5.07. The van der Waals surface area contributed by atoms with Crippen LogP contribution in [-0.4, -0.2) is 22.8 Å². The number of aromatic nitrogens is 1. The summed E-state index contributed by atoms with van der Waals surface area (Å²) in [6, 6.07) is 5.72. The number of nitrogens with zero attached hydrogens (tertiary/aromatic N) is 2. The molecule has 3 nitrogen and oxygen atoms in total. The van der Waals surface area contributed by atoms with Crippen molar-refractivity contribution in [2.75, 3.05) is 7.05 Å². The van der Waals surface area contributed by atoms with Crippen molar-refractivity contribution in [2.24, 2.45) is 5.41 Å². The minimum atomic E-state index is -0.330. The Hall–Kier alpha value is -1.38. The van der Waals surface area contributed by atoms with Gasteiger partial charge in [0.1, 0.15) is 0 Å². The van der Waals surface area contributed by atoms with E-state index < -0.39 is 0 Å². The molecule has 0 aliphatic rings. The molecule has 82 valence electrons. The normalized spacial score (nSPS) is 11.2. The predicted molar refractivity (Wildman–Crippen MR) is 60.2 cm³/mol. The zero-order chi connectivity index (χ0) is 11.5. The van der Waals surface area contributed by atoms with Crippen LogP contribution in [0.5, 0.6) is 0 Å². The van der Waals surface area contributed by atoms with Crippen LogP contribution in [0.2, 0.25) is 0 Å². The van der Waals surface area contributed by atoms with Crippen molar-refractivity contribution in [3.63, 3.8) is 0 Å². The summed E-state index contributed by atoms with van der Waals surface area (Å²) in [4.78, 5) is 17.8.